The lowest BCUT2D eigenvalue weighted by atomic mass is 9.93. The number of ether oxygens (including phenoxy) is 2. The van der Waals surface area contributed by atoms with Gasteiger partial charge in [0.15, 0.2) is 17.5 Å². The first-order valence-corrected chi connectivity index (χ1v) is 9.33. The van der Waals surface area contributed by atoms with E-state index in [2.05, 4.69) is 4.98 Å². The van der Waals surface area contributed by atoms with Crippen LogP contribution in [0.25, 0.3) is 5.65 Å². The summed E-state index contributed by atoms with van der Waals surface area (Å²) in [6.45, 7) is 7.36. The number of fused-ring (bicyclic) bond motifs is 3. The number of hydrogen-bond donors (Lipinski definition) is 0. The normalized spacial score (nSPS) is 18.8. The summed E-state index contributed by atoms with van der Waals surface area (Å²) in [5, 5.41) is 0. The zero-order valence-electron chi connectivity index (χ0n) is 16.3. The molecule has 0 saturated heterocycles. The largest absolute Gasteiger partial charge is 0.477 e. The van der Waals surface area contributed by atoms with Crippen LogP contribution in [-0.4, -0.2) is 27.2 Å². The lowest BCUT2D eigenvalue weighted by molar-refractivity contribution is -0.155. The average molecular weight is 378 g/mol. The molecule has 6 nitrogen and oxygen atoms in total. The number of aromatic nitrogens is 2. The molecular formula is C22H22N2O4. The van der Waals surface area contributed by atoms with Crippen molar-refractivity contribution in [2.75, 3.05) is 0 Å². The molecule has 0 bridgehead atoms. The van der Waals surface area contributed by atoms with Crippen molar-refractivity contribution in [3.05, 3.63) is 65.1 Å². The number of aryl methyl sites for hydroxylation is 2. The molecule has 0 fully saturated rings. The van der Waals surface area contributed by atoms with Gasteiger partial charge in [-0.15, -0.1) is 0 Å². The van der Waals surface area contributed by atoms with Gasteiger partial charge < -0.3 is 13.9 Å². The topological polar surface area (TPSA) is 69.9 Å². The first-order valence-electron chi connectivity index (χ1n) is 9.33. The zero-order valence-corrected chi connectivity index (χ0v) is 16.3. The number of pyridine rings is 1. The van der Waals surface area contributed by atoms with Gasteiger partial charge in [0.25, 0.3) is 0 Å². The molecule has 3 heterocycles. The molecular weight excluding hydrogens is 356 g/mol. The van der Waals surface area contributed by atoms with Crippen molar-refractivity contribution in [3.8, 4) is 5.75 Å². The van der Waals surface area contributed by atoms with Gasteiger partial charge in [-0.2, -0.15) is 0 Å². The number of Topliss-reactive ketones (excluding diaryl/α,β-unsaturated/α-hetero) is 1. The van der Waals surface area contributed by atoms with E-state index < -0.39 is 18.2 Å². The smallest absolute Gasteiger partial charge is 0.309 e. The van der Waals surface area contributed by atoms with Crippen molar-refractivity contribution in [2.45, 2.75) is 39.9 Å². The highest BCUT2D eigenvalue weighted by molar-refractivity contribution is 6.05. The number of ketones is 1. The summed E-state index contributed by atoms with van der Waals surface area (Å²) in [6.07, 6.45) is 0.0337. The van der Waals surface area contributed by atoms with Crippen LogP contribution in [0.4, 0.5) is 0 Å². The van der Waals surface area contributed by atoms with E-state index in [-0.39, 0.29) is 11.7 Å². The van der Waals surface area contributed by atoms with Crippen LogP contribution in [0, 0.1) is 19.8 Å². The Balaban J connectivity index is 1.86. The Bertz CT molecular complexity index is 1070. The number of carbonyl (C=O) groups excluding carboxylic acids is 2. The van der Waals surface area contributed by atoms with E-state index in [0.717, 1.165) is 17.0 Å². The molecule has 6 heteroatoms. The minimum Gasteiger partial charge on any atom is -0.477 e. The van der Waals surface area contributed by atoms with E-state index in [4.69, 9.17) is 9.47 Å². The molecule has 0 spiro atoms. The Morgan fingerprint density at radius 1 is 1.18 bits per heavy atom. The highest BCUT2D eigenvalue weighted by Crippen LogP contribution is 2.39. The molecule has 0 amide bonds. The van der Waals surface area contributed by atoms with E-state index in [9.17, 15) is 9.59 Å². The van der Waals surface area contributed by atoms with Gasteiger partial charge in [-0.25, -0.2) is 4.98 Å². The number of imidazole rings is 1. The van der Waals surface area contributed by atoms with Crippen molar-refractivity contribution < 1.29 is 19.1 Å². The summed E-state index contributed by atoms with van der Waals surface area (Å²) in [4.78, 5) is 30.1. The predicted octanol–water partition coefficient (Wildman–Crippen LogP) is 3.84. The summed E-state index contributed by atoms with van der Waals surface area (Å²) in [5.74, 6) is -0.620. The van der Waals surface area contributed by atoms with Crippen molar-refractivity contribution in [2.24, 2.45) is 5.92 Å². The van der Waals surface area contributed by atoms with E-state index in [0.29, 0.717) is 17.0 Å². The van der Waals surface area contributed by atoms with Gasteiger partial charge in [0, 0.05) is 11.9 Å². The maximum absolute atomic E-state index is 13.3. The molecule has 3 aromatic rings. The number of carbonyl (C=O) groups is 2. The number of hydrogen-bond acceptors (Lipinski definition) is 5. The molecule has 0 saturated carbocycles. The second kappa shape index (κ2) is 6.78. The van der Waals surface area contributed by atoms with Gasteiger partial charge >= 0.3 is 5.97 Å². The monoisotopic (exact) mass is 378 g/mol. The average Bonchev–Trinajstić information content (AvgIpc) is 2.98. The van der Waals surface area contributed by atoms with Gasteiger partial charge in [-0.3, -0.25) is 9.59 Å². The zero-order chi connectivity index (χ0) is 20.0. The molecule has 1 aliphatic rings. The third-order valence-electron chi connectivity index (χ3n) is 5.11. The summed E-state index contributed by atoms with van der Waals surface area (Å²) in [5.41, 5.74) is 3.60. The minimum absolute atomic E-state index is 0.273. The first kappa shape index (κ1) is 18.2. The van der Waals surface area contributed by atoms with Crippen molar-refractivity contribution >= 4 is 17.4 Å². The third kappa shape index (κ3) is 2.85. The molecule has 28 heavy (non-hydrogen) atoms. The predicted molar refractivity (Wildman–Crippen MR) is 104 cm³/mol. The Morgan fingerprint density at radius 3 is 2.57 bits per heavy atom. The van der Waals surface area contributed by atoms with Gasteiger partial charge in [0.1, 0.15) is 0 Å². The van der Waals surface area contributed by atoms with Gasteiger partial charge in [-0.05, 0) is 25.5 Å². The summed E-state index contributed by atoms with van der Waals surface area (Å²) < 4.78 is 13.8. The van der Waals surface area contributed by atoms with Crippen molar-refractivity contribution in [1.82, 2.24) is 9.38 Å². The van der Waals surface area contributed by atoms with Crippen LogP contribution in [0.5, 0.6) is 5.75 Å². The SMILES string of the molecule is Cc1nc2c3c(ccn2c1C)C(=O)[C@H](OC(=O)C(C)C)[C@@H](c1ccccc1)O3. The number of nitrogens with zero attached hydrogens (tertiary/aromatic N) is 2. The highest BCUT2D eigenvalue weighted by atomic mass is 16.6. The molecule has 1 aromatic carbocycles. The quantitative estimate of drug-likeness (QED) is 0.648. The van der Waals surface area contributed by atoms with Crippen LogP contribution < -0.4 is 4.74 Å². The van der Waals surface area contributed by atoms with Gasteiger partial charge in [-0.1, -0.05) is 44.2 Å². The second-order valence-electron chi connectivity index (χ2n) is 7.36. The van der Waals surface area contributed by atoms with Gasteiger partial charge in [0.05, 0.1) is 17.2 Å². The Morgan fingerprint density at radius 2 is 1.89 bits per heavy atom. The van der Waals surface area contributed by atoms with Crippen LogP contribution in [0.1, 0.15) is 47.3 Å². The maximum atomic E-state index is 13.3. The number of rotatable bonds is 3. The fraction of sp³-hybridized carbons (Fsp3) is 0.318. The maximum Gasteiger partial charge on any atom is 0.309 e. The molecule has 2 atom stereocenters. The molecule has 4 rings (SSSR count). The molecule has 0 aliphatic carbocycles. The lowest BCUT2D eigenvalue weighted by Gasteiger charge is -2.32. The van der Waals surface area contributed by atoms with Crippen LogP contribution in [0.3, 0.4) is 0 Å². The molecule has 1 aliphatic heterocycles. The van der Waals surface area contributed by atoms with Crippen LogP contribution in [0.2, 0.25) is 0 Å². The van der Waals surface area contributed by atoms with E-state index in [1.54, 1.807) is 26.1 Å². The van der Waals surface area contributed by atoms with Crippen LogP contribution in [0.15, 0.2) is 42.6 Å². The van der Waals surface area contributed by atoms with Crippen molar-refractivity contribution in [3.63, 3.8) is 0 Å². The van der Waals surface area contributed by atoms with Gasteiger partial charge in [0.2, 0.25) is 11.9 Å². The summed E-state index contributed by atoms with van der Waals surface area (Å²) >= 11 is 0. The second-order valence-corrected chi connectivity index (χ2v) is 7.36. The van der Waals surface area contributed by atoms with E-state index in [1.165, 1.54) is 0 Å². The number of benzene rings is 1. The van der Waals surface area contributed by atoms with Crippen LogP contribution >= 0.6 is 0 Å². The molecule has 0 radical (unpaired) electrons. The molecule has 0 unspecified atom stereocenters. The standard InChI is InChI=1S/C22H22N2O4/c1-12(2)22(26)28-20-17(25)16-10-11-24-14(4)13(3)23-21(24)19(16)27-18(20)15-8-6-5-7-9-15/h5-12,18,20H,1-4H3/t18-,20+/m1/s1. The fourth-order valence-corrected chi connectivity index (χ4v) is 3.37. The molecule has 144 valence electrons. The number of esters is 1. The molecule has 0 N–H and O–H groups in total. The highest BCUT2D eigenvalue weighted by Gasteiger charge is 2.42. The minimum atomic E-state index is -1.04. The first-order chi connectivity index (χ1) is 13.4. The fourth-order valence-electron chi connectivity index (χ4n) is 3.37. The third-order valence-corrected chi connectivity index (χ3v) is 5.11. The summed E-state index contributed by atoms with van der Waals surface area (Å²) in [6, 6.07) is 11.0. The lowest BCUT2D eigenvalue weighted by Crippen LogP contribution is -2.40. The summed E-state index contributed by atoms with van der Waals surface area (Å²) in [7, 11) is 0. The van der Waals surface area contributed by atoms with Crippen molar-refractivity contribution in [1.29, 1.82) is 0 Å². The Kier molecular flexibility index (Phi) is 4.41. The Hall–Kier alpha value is -3.15. The Labute approximate surface area is 163 Å². The van der Waals surface area contributed by atoms with E-state index >= 15 is 0 Å². The van der Waals surface area contributed by atoms with E-state index in [1.807, 2.05) is 48.6 Å². The van der Waals surface area contributed by atoms with Crippen LogP contribution in [-0.2, 0) is 9.53 Å². The molecule has 2 aromatic heterocycles.